The molecule has 0 unspecified atom stereocenters. The number of hydrogen-bond donors (Lipinski definition) is 1. The maximum atomic E-state index is 8.82. The number of fused-ring (bicyclic) bond motifs is 1. The molecular weight excluding hydrogens is 180 g/mol. The number of rotatable bonds is 0. The molecule has 2 N–H and O–H groups in total. The Kier molecular flexibility index (Phi) is 1.71. The van der Waals surface area contributed by atoms with Gasteiger partial charge in [0, 0.05) is 16.5 Å². The van der Waals surface area contributed by atoms with E-state index in [1.54, 1.807) is 0 Å². The molecule has 0 bridgehead atoms. The van der Waals surface area contributed by atoms with E-state index in [0.29, 0.717) is 0 Å². The maximum Gasteiger partial charge on any atom is 0.101 e. The fourth-order valence-corrected chi connectivity index (χ4v) is 2.31. The molecule has 2 nitrogen and oxygen atoms in total. The first-order valence-electron chi connectivity index (χ1n) is 3.90. The van der Waals surface area contributed by atoms with Gasteiger partial charge in [0.15, 0.2) is 0 Å². The highest BCUT2D eigenvalue weighted by Gasteiger charge is 2.06. The molecule has 0 saturated heterocycles. The lowest BCUT2D eigenvalue weighted by molar-refractivity contribution is 1.49. The molecule has 3 heteroatoms. The van der Waals surface area contributed by atoms with Crippen molar-refractivity contribution in [3.63, 3.8) is 0 Å². The predicted octanol–water partition coefficient (Wildman–Crippen LogP) is 2.66. The summed E-state index contributed by atoms with van der Waals surface area (Å²) in [5.74, 6) is 0. The van der Waals surface area contributed by atoms with Crippen LogP contribution >= 0.6 is 11.3 Å². The van der Waals surface area contributed by atoms with Gasteiger partial charge in [-0.25, -0.2) is 0 Å². The second-order valence-corrected chi connectivity index (χ2v) is 3.87. The number of aryl methyl sites for hydroxylation is 1. The number of thiophene rings is 1. The van der Waals surface area contributed by atoms with Crippen LogP contribution in [0.5, 0.6) is 0 Å². The molecule has 0 spiro atoms. The Labute approximate surface area is 80.2 Å². The number of benzene rings is 1. The number of nitrogens with zero attached hydrogens (tertiary/aromatic N) is 1. The molecule has 0 radical (unpaired) electrons. The van der Waals surface area contributed by atoms with E-state index in [0.717, 1.165) is 26.9 Å². The van der Waals surface area contributed by atoms with Gasteiger partial charge in [-0.05, 0) is 24.6 Å². The molecule has 1 aromatic heterocycles. The molecule has 0 aliphatic rings. The SMILES string of the molecule is Cc1cc(N)c2scc(C#N)c2c1. The van der Waals surface area contributed by atoms with Gasteiger partial charge in [0.2, 0.25) is 0 Å². The van der Waals surface area contributed by atoms with Crippen LogP contribution in [0.1, 0.15) is 11.1 Å². The number of nitrogen functional groups attached to an aromatic ring is 1. The zero-order valence-corrected chi connectivity index (χ0v) is 7.98. The first-order chi connectivity index (χ1) is 6.22. The highest BCUT2D eigenvalue weighted by Crippen LogP contribution is 2.31. The van der Waals surface area contributed by atoms with E-state index in [1.165, 1.54) is 11.3 Å². The van der Waals surface area contributed by atoms with Crippen molar-refractivity contribution in [2.45, 2.75) is 6.92 Å². The molecular formula is C10H8N2S. The summed E-state index contributed by atoms with van der Waals surface area (Å²) < 4.78 is 1.02. The maximum absolute atomic E-state index is 8.82. The smallest absolute Gasteiger partial charge is 0.101 e. The summed E-state index contributed by atoms with van der Waals surface area (Å²) in [4.78, 5) is 0. The Morgan fingerprint density at radius 1 is 1.46 bits per heavy atom. The van der Waals surface area contributed by atoms with Gasteiger partial charge in [0.1, 0.15) is 6.07 Å². The van der Waals surface area contributed by atoms with Crippen molar-refractivity contribution < 1.29 is 0 Å². The summed E-state index contributed by atoms with van der Waals surface area (Å²) in [6, 6.07) is 6.09. The summed E-state index contributed by atoms with van der Waals surface area (Å²) in [5.41, 5.74) is 8.41. The Morgan fingerprint density at radius 3 is 2.92 bits per heavy atom. The van der Waals surface area contributed by atoms with Gasteiger partial charge in [-0.15, -0.1) is 11.3 Å². The summed E-state index contributed by atoms with van der Waals surface area (Å²) in [7, 11) is 0. The van der Waals surface area contributed by atoms with Gasteiger partial charge < -0.3 is 5.73 Å². The molecule has 64 valence electrons. The van der Waals surface area contributed by atoms with Crippen LogP contribution < -0.4 is 5.73 Å². The fraction of sp³-hybridized carbons (Fsp3) is 0.100. The quantitative estimate of drug-likeness (QED) is 0.646. The van der Waals surface area contributed by atoms with Gasteiger partial charge in [-0.1, -0.05) is 0 Å². The Bertz CT molecular complexity index is 505. The van der Waals surface area contributed by atoms with E-state index in [-0.39, 0.29) is 0 Å². The Balaban J connectivity index is 2.92. The van der Waals surface area contributed by atoms with Crippen LogP contribution in [-0.2, 0) is 0 Å². The minimum Gasteiger partial charge on any atom is -0.398 e. The average Bonchev–Trinajstić information content (AvgIpc) is 2.47. The van der Waals surface area contributed by atoms with Crippen LogP contribution in [-0.4, -0.2) is 0 Å². The molecule has 0 amide bonds. The van der Waals surface area contributed by atoms with Crippen molar-refractivity contribution in [1.82, 2.24) is 0 Å². The Morgan fingerprint density at radius 2 is 2.23 bits per heavy atom. The number of nitriles is 1. The van der Waals surface area contributed by atoms with Gasteiger partial charge in [0.25, 0.3) is 0 Å². The number of hydrogen-bond acceptors (Lipinski definition) is 3. The van der Waals surface area contributed by atoms with Crippen LogP contribution in [0.15, 0.2) is 17.5 Å². The summed E-state index contributed by atoms with van der Waals surface area (Å²) in [5, 5.41) is 11.6. The highest BCUT2D eigenvalue weighted by molar-refractivity contribution is 7.18. The van der Waals surface area contributed by atoms with E-state index < -0.39 is 0 Å². The molecule has 0 aliphatic carbocycles. The lowest BCUT2D eigenvalue weighted by atomic mass is 10.1. The summed E-state index contributed by atoms with van der Waals surface area (Å²) >= 11 is 1.53. The van der Waals surface area contributed by atoms with Crippen molar-refractivity contribution in [2.24, 2.45) is 0 Å². The third kappa shape index (κ3) is 1.16. The lowest BCUT2D eigenvalue weighted by Crippen LogP contribution is -1.85. The van der Waals surface area contributed by atoms with Gasteiger partial charge in [-0.3, -0.25) is 0 Å². The first-order valence-corrected chi connectivity index (χ1v) is 4.78. The third-order valence-corrected chi connectivity index (χ3v) is 3.01. The highest BCUT2D eigenvalue weighted by atomic mass is 32.1. The number of nitrogens with two attached hydrogens (primary N) is 1. The van der Waals surface area contributed by atoms with E-state index in [4.69, 9.17) is 11.0 Å². The van der Waals surface area contributed by atoms with Gasteiger partial charge in [0.05, 0.1) is 10.3 Å². The molecule has 2 rings (SSSR count). The van der Waals surface area contributed by atoms with Crippen molar-refractivity contribution in [3.05, 3.63) is 28.6 Å². The normalized spacial score (nSPS) is 10.2. The Hall–Kier alpha value is -1.53. The minimum atomic E-state index is 0.718. The molecule has 0 fully saturated rings. The molecule has 0 saturated carbocycles. The van der Waals surface area contributed by atoms with Crippen LogP contribution in [0.2, 0.25) is 0 Å². The molecule has 13 heavy (non-hydrogen) atoms. The second kappa shape index (κ2) is 2.75. The molecule has 0 atom stereocenters. The van der Waals surface area contributed by atoms with E-state index in [1.807, 2.05) is 24.4 Å². The van der Waals surface area contributed by atoms with Crippen molar-refractivity contribution >= 4 is 27.1 Å². The van der Waals surface area contributed by atoms with Gasteiger partial charge >= 0.3 is 0 Å². The minimum absolute atomic E-state index is 0.718. The zero-order chi connectivity index (χ0) is 9.42. The largest absolute Gasteiger partial charge is 0.398 e. The predicted molar refractivity (Wildman–Crippen MR) is 55.7 cm³/mol. The molecule has 1 aromatic carbocycles. The van der Waals surface area contributed by atoms with Crippen molar-refractivity contribution in [1.29, 1.82) is 5.26 Å². The van der Waals surface area contributed by atoms with Gasteiger partial charge in [-0.2, -0.15) is 5.26 Å². The fourth-order valence-electron chi connectivity index (χ4n) is 1.40. The topological polar surface area (TPSA) is 49.8 Å². The third-order valence-electron chi connectivity index (χ3n) is 1.97. The van der Waals surface area contributed by atoms with Crippen LogP contribution in [0, 0.1) is 18.3 Å². The van der Waals surface area contributed by atoms with Crippen LogP contribution in [0.25, 0.3) is 10.1 Å². The first kappa shape index (κ1) is 8.09. The van der Waals surface area contributed by atoms with Crippen molar-refractivity contribution in [2.75, 3.05) is 5.73 Å². The van der Waals surface area contributed by atoms with Crippen LogP contribution in [0.4, 0.5) is 5.69 Å². The number of anilines is 1. The summed E-state index contributed by atoms with van der Waals surface area (Å²) in [6.45, 7) is 1.98. The standard InChI is InChI=1S/C10H8N2S/c1-6-2-8-7(4-11)5-13-10(8)9(12)3-6/h2-3,5H,12H2,1H3. The van der Waals surface area contributed by atoms with E-state index in [2.05, 4.69) is 6.07 Å². The molecule has 0 aliphatic heterocycles. The zero-order valence-electron chi connectivity index (χ0n) is 7.16. The van der Waals surface area contributed by atoms with E-state index in [9.17, 15) is 0 Å². The molecule has 1 heterocycles. The summed E-state index contributed by atoms with van der Waals surface area (Å²) in [6.07, 6.45) is 0. The van der Waals surface area contributed by atoms with Crippen LogP contribution in [0.3, 0.4) is 0 Å². The average molecular weight is 188 g/mol. The second-order valence-electron chi connectivity index (χ2n) is 2.99. The molecule has 2 aromatic rings. The monoisotopic (exact) mass is 188 g/mol. The lowest BCUT2D eigenvalue weighted by Gasteiger charge is -1.98. The van der Waals surface area contributed by atoms with E-state index >= 15 is 0 Å². The van der Waals surface area contributed by atoms with Crippen molar-refractivity contribution in [3.8, 4) is 6.07 Å².